The van der Waals surface area contributed by atoms with Crippen molar-refractivity contribution in [3.8, 4) is 5.75 Å². The molecule has 0 unspecified atom stereocenters. The van der Waals surface area contributed by atoms with Crippen molar-refractivity contribution in [3.05, 3.63) is 18.3 Å². The topological polar surface area (TPSA) is 28.6 Å². The van der Waals surface area contributed by atoms with Crippen LogP contribution in [0.4, 0.5) is 19.0 Å². The average Bonchev–Trinajstić information content (AvgIpc) is 2.29. The summed E-state index contributed by atoms with van der Waals surface area (Å²) >= 11 is 0. The van der Waals surface area contributed by atoms with E-state index in [1.165, 1.54) is 6.07 Å². The second-order valence-electron chi connectivity index (χ2n) is 4.19. The maximum atomic E-state index is 12.0. The molecular weight excluding hydrogens is 247 g/mol. The number of aromatic nitrogens is 1. The van der Waals surface area contributed by atoms with E-state index >= 15 is 0 Å². The largest absolute Gasteiger partial charge is 0.573 e. The summed E-state index contributed by atoms with van der Waals surface area (Å²) in [4.78, 5) is 8.23. The van der Waals surface area contributed by atoms with Gasteiger partial charge in [-0.1, -0.05) is 0 Å². The Hall–Kier alpha value is -1.50. The lowest BCUT2D eigenvalue weighted by Crippen LogP contribution is -2.44. The summed E-state index contributed by atoms with van der Waals surface area (Å²) in [6.07, 6.45) is -3.57. The average molecular weight is 261 g/mol. The number of anilines is 1. The number of halogens is 3. The standard InChI is InChI=1S/C11H14F3N3O/c1-16-4-6-17(7-5-16)10-3-2-9(8-15-10)18-11(12,13)14/h2-3,8H,4-7H2,1H3. The van der Waals surface area contributed by atoms with Gasteiger partial charge in [-0.2, -0.15) is 0 Å². The molecule has 1 aromatic heterocycles. The highest BCUT2D eigenvalue weighted by atomic mass is 19.4. The van der Waals surface area contributed by atoms with Crippen LogP contribution < -0.4 is 9.64 Å². The number of alkyl halides is 3. The van der Waals surface area contributed by atoms with E-state index in [1.807, 2.05) is 11.9 Å². The van der Waals surface area contributed by atoms with E-state index in [9.17, 15) is 13.2 Å². The van der Waals surface area contributed by atoms with Crippen molar-refractivity contribution in [3.63, 3.8) is 0 Å². The van der Waals surface area contributed by atoms with Crippen LogP contribution in [-0.2, 0) is 0 Å². The number of piperazine rings is 1. The molecule has 18 heavy (non-hydrogen) atoms. The Morgan fingerprint density at radius 2 is 1.83 bits per heavy atom. The Labute approximate surface area is 103 Å². The third-order valence-electron chi connectivity index (χ3n) is 2.78. The first-order valence-corrected chi connectivity index (χ1v) is 5.59. The first-order valence-electron chi connectivity index (χ1n) is 5.59. The number of rotatable bonds is 2. The lowest BCUT2D eigenvalue weighted by atomic mass is 10.3. The van der Waals surface area contributed by atoms with Crippen molar-refractivity contribution in [1.29, 1.82) is 0 Å². The van der Waals surface area contributed by atoms with Crippen LogP contribution in [0.1, 0.15) is 0 Å². The molecule has 0 amide bonds. The minimum absolute atomic E-state index is 0.291. The van der Waals surface area contributed by atoms with Gasteiger partial charge in [0.05, 0.1) is 6.20 Å². The lowest BCUT2D eigenvalue weighted by molar-refractivity contribution is -0.274. The zero-order chi connectivity index (χ0) is 13.2. The van der Waals surface area contributed by atoms with Gasteiger partial charge in [-0.25, -0.2) is 4.98 Å². The van der Waals surface area contributed by atoms with Crippen molar-refractivity contribution in [2.75, 3.05) is 38.1 Å². The van der Waals surface area contributed by atoms with Gasteiger partial charge in [-0.05, 0) is 19.2 Å². The molecule has 1 fully saturated rings. The van der Waals surface area contributed by atoms with Gasteiger partial charge < -0.3 is 14.5 Å². The van der Waals surface area contributed by atoms with Crippen molar-refractivity contribution < 1.29 is 17.9 Å². The van der Waals surface area contributed by atoms with Crippen LogP contribution in [0.2, 0.25) is 0 Å². The van der Waals surface area contributed by atoms with Crippen molar-refractivity contribution in [2.24, 2.45) is 0 Å². The highest BCUT2D eigenvalue weighted by Crippen LogP contribution is 2.23. The Morgan fingerprint density at radius 3 is 2.33 bits per heavy atom. The summed E-state index contributed by atoms with van der Waals surface area (Å²) in [6.45, 7) is 3.48. The third kappa shape index (κ3) is 3.49. The van der Waals surface area contributed by atoms with Gasteiger partial charge in [-0.15, -0.1) is 13.2 Å². The van der Waals surface area contributed by atoms with Gasteiger partial charge in [0.1, 0.15) is 11.6 Å². The zero-order valence-electron chi connectivity index (χ0n) is 9.94. The molecule has 0 saturated carbocycles. The third-order valence-corrected chi connectivity index (χ3v) is 2.78. The van der Waals surface area contributed by atoms with Crippen LogP contribution in [0.15, 0.2) is 18.3 Å². The normalized spacial score (nSPS) is 17.9. The smallest absolute Gasteiger partial charge is 0.404 e. The molecule has 100 valence electrons. The molecular formula is C11H14F3N3O. The van der Waals surface area contributed by atoms with Gasteiger partial charge in [0, 0.05) is 26.2 Å². The van der Waals surface area contributed by atoms with E-state index in [0.717, 1.165) is 32.4 Å². The first-order chi connectivity index (χ1) is 8.44. The molecule has 0 spiro atoms. The molecule has 1 aliphatic heterocycles. The molecule has 2 heterocycles. The molecule has 2 rings (SSSR count). The molecule has 0 N–H and O–H groups in total. The van der Waals surface area contributed by atoms with Crippen molar-refractivity contribution in [2.45, 2.75) is 6.36 Å². The first kappa shape index (κ1) is 12.9. The van der Waals surface area contributed by atoms with E-state index < -0.39 is 6.36 Å². The molecule has 4 nitrogen and oxygen atoms in total. The number of nitrogens with zero attached hydrogens (tertiary/aromatic N) is 3. The number of ether oxygens (including phenoxy) is 1. The van der Waals surface area contributed by atoms with Gasteiger partial charge in [0.2, 0.25) is 0 Å². The van der Waals surface area contributed by atoms with Crippen LogP contribution in [0.3, 0.4) is 0 Å². The van der Waals surface area contributed by atoms with Crippen molar-refractivity contribution >= 4 is 5.82 Å². The summed E-state index contributed by atoms with van der Waals surface area (Å²) in [5, 5.41) is 0. The number of likely N-dealkylation sites (N-methyl/N-ethyl adjacent to an activating group) is 1. The van der Waals surface area contributed by atoms with Crippen LogP contribution >= 0.6 is 0 Å². The van der Waals surface area contributed by atoms with Crippen LogP contribution in [-0.4, -0.2) is 49.5 Å². The number of hydrogen-bond donors (Lipinski definition) is 0. The van der Waals surface area contributed by atoms with Gasteiger partial charge >= 0.3 is 6.36 Å². The molecule has 0 radical (unpaired) electrons. The SMILES string of the molecule is CN1CCN(c2ccc(OC(F)(F)F)cn2)CC1. The predicted molar refractivity (Wildman–Crippen MR) is 60.6 cm³/mol. The fourth-order valence-corrected chi connectivity index (χ4v) is 1.79. The molecule has 7 heteroatoms. The molecule has 0 bridgehead atoms. The van der Waals surface area contributed by atoms with Crippen LogP contribution in [0, 0.1) is 0 Å². The Morgan fingerprint density at radius 1 is 1.17 bits per heavy atom. The van der Waals surface area contributed by atoms with E-state index in [1.54, 1.807) is 6.07 Å². The number of hydrogen-bond acceptors (Lipinski definition) is 4. The number of pyridine rings is 1. The second-order valence-corrected chi connectivity index (χ2v) is 4.19. The molecule has 0 aliphatic carbocycles. The maximum absolute atomic E-state index is 12.0. The minimum Gasteiger partial charge on any atom is -0.404 e. The summed E-state index contributed by atoms with van der Waals surface area (Å²) < 4.78 is 39.7. The Bertz CT molecular complexity index is 386. The summed E-state index contributed by atoms with van der Waals surface area (Å²) in [5.74, 6) is 0.387. The summed E-state index contributed by atoms with van der Waals surface area (Å²) in [7, 11) is 2.03. The molecule has 1 aliphatic rings. The summed E-state index contributed by atoms with van der Waals surface area (Å²) in [6, 6.07) is 2.83. The minimum atomic E-state index is -4.67. The van der Waals surface area contributed by atoms with Crippen molar-refractivity contribution in [1.82, 2.24) is 9.88 Å². The highest BCUT2D eigenvalue weighted by Gasteiger charge is 2.31. The monoisotopic (exact) mass is 261 g/mol. The lowest BCUT2D eigenvalue weighted by Gasteiger charge is -2.33. The van der Waals surface area contributed by atoms with E-state index in [4.69, 9.17) is 0 Å². The van der Waals surface area contributed by atoms with Gasteiger partial charge in [0.25, 0.3) is 0 Å². The quantitative estimate of drug-likeness (QED) is 0.810. The molecule has 1 aromatic rings. The predicted octanol–water partition coefficient (Wildman–Crippen LogP) is 1.73. The zero-order valence-corrected chi connectivity index (χ0v) is 9.94. The Balaban J connectivity index is 1.99. The van der Waals surface area contributed by atoms with Gasteiger partial charge in [-0.3, -0.25) is 0 Å². The summed E-state index contributed by atoms with van der Waals surface area (Å²) in [5.41, 5.74) is 0. The van der Waals surface area contributed by atoms with Crippen LogP contribution in [0.25, 0.3) is 0 Å². The van der Waals surface area contributed by atoms with E-state index in [2.05, 4.69) is 14.6 Å². The fraction of sp³-hybridized carbons (Fsp3) is 0.545. The van der Waals surface area contributed by atoms with Gasteiger partial charge in [0.15, 0.2) is 0 Å². The molecule has 0 atom stereocenters. The second kappa shape index (κ2) is 5.01. The van der Waals surface area contributed by atoms with Crippen LogP contribution in [0.5, 0.6) is 5.75 Å². The Kier molecular flexibility index (Phi) is 3.60. The van der Waals surface area contributed by atoms with E-state index in [0.29, 0.717) is 5.82 Å². The maximum Gasteiger partial charge on any atom is 0.573 e. The molecule has 0 aromatic carbocycles. The molecule has 1 saturated heterocycles. The fourth-order valence-electron chi connectivity index (χ4n) is 1.79. The highest BCUT2D eigenvalue weighted by molar-refractivity contribution is 5.41. The van der Waals surface area contributed by atoms with E-state index in [-0.39, 0.29) is 5.75 Å².